The van der Waals surface area contributed by atoms with E-state index in [0.717, 1.165) is 19.1 Å². The molecule has 33 heavy (non-hydrogen) atoms. The summed E-state index contributed by atoms with van der Waals surface area (Å²) in [6.07, 6.45) is -6.77. The van der Waals surface area contributed by atoms with Gasteiger partial charge in [-0.3, -0.25) is 4.90 Å². The maximum Gasteiger partial charge on any atom is 0.421 e. The molecule has 1 fully saturated rings. The first-order valence-corrected chi connectivity index (χ1v) is 14.8. The van der Waals surface area contributed by atoms with Crippen LogP contribution in [0, 0.1) is 12.8 Å². The summed E-state index contributed by atoms with van der Waals surface area (Å²) in [5, 5.41) is 9.39. The van der Waals surface area contributed by atoms with Crippen LogP contribution in [0.2, 0.25) is 18.1 Å². The lowest BCUT2D eigenvalue weighted by Crippen LogP contribution is -2.55. The molecule has 0 radical (unpaired) electrons. The van der Waals surface area contributed by atoms with Gasteiger partial charge >= 0.3 is 12.3 Å². The van der Waals surface area contributed by atoms with Crippen LogP contribution < -0.4 is 0 Å². The maximum absolute atomic E-state index is 14.4. The fraction of sp³-hybridized carbons (Fsp3) is 0.667. The summed E-state index contributed by atoms with van der Waals surface area (Å²) in [5.74, 6) is -1.54. The standard InChI is InChI=1S/C21H32F3NO6SSi/c1-14-8-10-16(11-9-14)32(28,29)31-20(21(22,23)24)13-25(18(26)27)17(15(20)2)12-30-33(6,7)19(3,4)5/h8-11,15,17H,12-13H2,1-7H3,(H,26,27). The van der Waals surface area contributed by atoms with Crippen molar-refractivity contribution in [3.05, 3.63) is 29.8 Å². The summed E-state index contributed by atoms with van der Waals surface area (Å²) in [7, 11) is -7.27. The molecule has 0 bridgehead atoms. The SMILES string of the molecule is Cc1ccc(S(=O)(=O)OC2(C(F)(F)F)CN(C(=O)O)C(CO[Si](C)(C)C(C)(C)C)C2C)cc1. The lowest BCUT2D eigenvalue weighted by atomic mass is 9.87. The highest BCUT2D eigenvalue weighted by Crippen LogP contribution is 2.49. The monoisotopic (exact) mass is 511 g/mol. The number of carboxylic acid groups (broad SMARTS) is 1. The molecule has 1 N–H and O–H groups in total. The molecule has 2 rings (SSSR count). The molecule has 12 heteroatoms. The van der Waals surface area contributed by atoms with Crippen LogP contribution >= 0.6 is 0 Å². The van der Waals surface area contributed by atoms with Gasteiger partial charge in [-0.25, -0.2) is 8.98 Å². The molecule has 1 aromatic rings. The van der Waals surface area contributed by atoms with E-state index in [-0.39, 0.29) is 11.6 Å². The van der Waals surface area contributed by atoms with E-state index in [2.05, 4.69) is 0 Å². The molecule has 188 valence electrons. The number of carbonyl (C=O) groups is 1. The fourth-order valence-electron chi connectivity index (χ4n) is 3.50. The van der Waals surface area contributed by atoms with Gasteiger partial charge < -0.3 is 9.53 Å². The Balaban J connectivity index is 2.48. The van der Waals surface area contributed by atoms with Gasteiger partial charge in [0.15, 0.2) is 8.32 Å². The highest BCUT2D eigenvalue weighted by atomic mass is 32.2. The van der Waals surface area contributed by atoms with E-state index >= 15 is 0 Å². The van der Waals surface area contributed by atoms with Crippen molar-refractivity contribution < 1.29 is 40.1 Å². The average molecular weight is 512 g/mol. The quantitative estimate of drug-likeness (QED) is 0.426. The topological polar surface area (TPSA) is 93.1 Å². The number of amides is 1. The van der Waals surface area contributed by atoms with Crippen molar-refractivity contribution in [3.63, 3.8) is 0 Å². The molecular formula is C21H32F3NO6SSi. The molecule has 0 saturated carbocycles. The van der Waals surface area contributed by atoms with Crippen LogP contribution in [0.25, 0.3) is 0 Å². The summed E-state index contributed by atoms with van der Waals surface area (Å²) >= 11 is 0. The normalized spacial score (nSPS) is 24.8. The number of aryl methyl sites for hydroxylation is 1. The van der Waals surface area contributed by atoms with Crippen LogP contribution in [0.15, 0.2) is 29.2 Å². The predicted molar refractivity (Wildman–Crippen MR) is 119 cm³/mol. The third-order valence-electron chi connectivity index (χ3n) is 6.83. The number of hydrogen-bond acceptors (Lipinski definition) is 5. The average Bonchev–Trinajstić information content (AvgIpc) is 2.92. The number of alkyl halides is 3. The van der Waals surface area contributed by atoms with Crippen molar-refractivity contribution in [2.24, 2.45) is 5.92 Å². The van der Waals surface area contributed by atoms with Crippen LogP contribution in [0.1, 0.15) is 33.3 Å². The van der Waals surface area contributed by atoms with Gasteiger partial charge in [0.25, 0.3) is 10.1 Å². The van der Waals surface area contributed by atoms with Gasteiger partial charge in [0.2, 0.25) is 5.60 Å². The molecule has 0 spiro atoms. The third-order valence-corrected chi connectivity index (χ3v) is 12.7. The molecule has 1 amide bonds. The summed E-state index contributed by atoms with van der Waals surface area (Å²) in [6.45, 7) is 11.0. The van der Waals surface area contributed by atoms with Gasteiger partial charge in [-0.05, 0) is 37.2 Å². The van der Waals surface area contributed by atoms with Gasteiger partial charge in [0.1, 0.15) is 0 Å². The van der Waals surface area contributed by atoms with Crippen molar-refractivity contribution in [2.45, 2.75) is 75.5 Å². The first-order chi connectivity index (χ1) is 14.8. The Morgan fingerprint density at radius 1 is 1.21 bits per heavy atom. The molecular weight excluding hydrogens is 479 g/mol. The van der Waals surface area contributed by atoms with Gasteiger partial charge in [0, 0.05) is 5.92 Å². The second kappa shape index (κ2) is 8.86. The van der Waals surface area contributed by atoms with Crippen molar-refractivity contribution in [2.75, 3.05) is 13.2 Å². The third kappa shape index (κ3) is 5.38. The minimum Gasteiger partial charge on any atom is -0.465 e. The lowest BCUT2D eigenvalue weighted by Gasteiger charge is -2.38. The first kappa shape index (κ1) is 27.6. The number of nitrogens with zero attached hydrogens (tertiary/aromatic N) is 1. The van der Waals surface area contributed by atoms with Crippen LogP contribution in [0.4, 0.5) is 18.0 Å². The van der Waals surface area contributed by atoms with E-state index in [4.69, 9.17) is 8.61 Å². The van der Waals surface area contributed by atoms with Crippen LogP contribution in [-0.4, -0.2) is 63.8 Å². The number of benzene rings is 1. The Bertz CT molecular complexity index is 975. The Hall–Kier alpha value is -1.63. The highest BCUT2D eigenvalue weighted by Gasteiger charge is 2.69. The summed E-state index contributed by atoms with van der Waals surface area (Å²) < 4.78 is 79.8. The summed E-state index contributed by atoms with van der Waals surface area (Å²) in [5.41, 5.74) is -2.54. The van der Waals surface area contributed by atoms with Gasteiger partial charge in [-0.15, -0.1) is 0 Å². The van der Waals surface area contributed by atoms with Crippen molar-refractivity contribution in [3.8, 4) is 0 Å². The van der Waals surface area contributed by atoms with Crippen LogP contribution in [0.5, 0.6) is 0 Å². The lowest BCUT2D eigenvalue weighted by molar-refractivity contribution is -0.254. The summed E-state index contributed by atoms with van der Waals surface area (Å²) in [6, 6.07) is 3.94. The van der Waals surface area contributed by atoms with Crippen LogP contribution in [-0.2, 0) is 18.7 Å². The minimum atomic E-state index is -5.16. The molecule has 0 aliphatic carbocycles. The van der Waals surface area contributed by atoms with E-state index in [1.165, 1.54) is 12.1 Å². The number of rotatable bonds is 6. The van der Waals surface area contributed by atoms with E-state index < -0.39 is 59.7 Å². The molecule has 0 aromatic heterocycles. The van der Waals surface area contributed by atoms with E-state index in [1.807, 2.05) is 33.9 Å². The zero-order valence-electron chi connectivity index (χ0n) is 19.9. The van der Waals surface area contributed by atoms with Crippen molar-refractivity contribution in [1.82, 2.24) is 4.90 Å². The molecule has 3 atom stereocenters. The molecule has 1 aliphatic heterocycles. The van der Waals surface area contributed by atoms with Crippen LogP contribution in [0.3, 0.4) is 0 Å². The largest absolute Gasteiger partial charge is 0.465 e. The predicted octanol–water partition coefficient (Wildman–Crippen LogP) is 5.02. The molecule has 1 aromatic carbocycles. The van der Waals surface area contributed by atoms with E-state index in [1.54, 1.807) is 6.92 Å². The number of hydrogen-bond donors (Lipinski definition) is 1. The minimum absolute atomic E-state index is 0.255. The maximum atomic E-state index is 14.4. The smallest absolute Gasteiger partial charge is 0.421 e. The Morgan fingerprint density at radius 2 is 1.73 bits per heavy atom. The second-order valence-electron chi connectivity index (χ2n) is 10.1. The Labute approximate surface area is 194 Å². The van der Waals surface area contributed by atoms with Gasteiger partial charge in [-0.2, -0.15) is 21.6 Å². The Morgan fingerprint density at radius 3 is 2.15 bits per heavy atom. The first-order valence-electron chi connectivity index (χ1n) is 10.5. The summed E-state index contributed by atoms with van der Waals surface area (Å²) in [4.78, 5) is 12.0. The fourth-order valence-corrected chi connectivity index (χ4v) is 5.77. The number of likely N-dealkylation sites (tertiary alicyclic amines) is 1. The molecule has 1 aliphatic rings. The zero-order valence-corrected chi connectivity index (χ0v) is 21.7. The van der Waals surface area contributed by atoms with Crippen molar-refractivity contribution in [1.29, 1.82) is 0 Å². The molecule has 3 unspecified atom stereocenters. The highest BCUT2D eigenvalue weighted by molar-refractivity contribution is 7.86. The second-order valence-corrected chi connectivity index (χ2v) is 16.4. The van der Waals surface area contributed by atoms with Gasteiger partial charge in [0.05, 0.1) is 24.1 Å². The van der Waals surface area contributed by atoms with Crippen molar-refractivity contribution >= 4 is 24.5 Å². The Kier molecular flexibility index (Phi) is 7.41. The zero-order chi connectivity index (χ0) is 25.6. The molecule has 1 heterocycles. The van der Waals surface area contributed by atoms with E-state index in [9.17, 15) is 31.5 Å². The molecule has 7 nitrogen and oxygen atoms in total. The number of halogens is 3. The van der Waals surface area contributed by atoms with E-state index in [0.29, 0.717) is 10.5 Å². The molecule has 1 saturated heterocycles. The van der Waals surface area contributed by atoms with Gasteiger partial charge in [-0.1, -0.05) is 45.4 Å².